The largest absolute Gasteiger partial charge is 0.330 e. The van der Waals surface area contributed by atoms with Crippen molar-refractivity contribution in [2.75, 3.05) is 6.54 Å². The molecule has 0 aliphatic heterocycles. The molecule has 1 unspecified atom stereocenters. The summed E-state index contributed by atoms with van der Waals surface area (Å²) >= 11 is 3.09. The van der Waals surface area contributed by atoms with Crippen molar-refractivity contribution in [2.24, 2.45) is 5.73 Å². The molecule has 1 rings (SSSR count). The van der Waals surface area contributed by atoms with Crippen molar-refractivity contribution in [3.8, 4) is 0 Å². The van der Waals surface area contributed by atoms with Gasteiger partial charge in [0, 0.05) is 0 Å². The number of halogens is 2. The van der Waals surface area contributed by atoms with Crippen LogP contribution in [0.15, 0.2) is 22.7 Å². The van der Waals surface area contributed by atoms with Crippen LogP contribution >= 0.6 is 15.9 Å². The number of hydrogen-bond donors (Lipinski definition) is 1. The molecule has 12 heavy (non-hydrogen) atoms. The van der Waals surface area contributed by atoms with Gasteiger partial charge >= 0.3 is 0 Å². The Morgan fingerprint density at radius 1 is 1.58 bits per heavy atom. The summed E-state index contributed by atoms with van der Waals surface area (Å²) in [6, 6.07) is 5.10. The molecule has 1 aromatic carbocycles. The van der Waals surface area contributed by atoms with Gasteiger partial charge in [0.25, 0.3) is 0 Å². The number of nitrogens with two attached hydrogens (primary N) is 1. The monoisotopic (exact) mass is 231 g/mol. The van der Waals surface area contributed by atoms with Crippen molar-refractivity contribution in [1.82, 2.24) is 0 Å². The first-order chi connectivity index (χ1) is 5.65. The molecular weight excluding hydrogens is 221 g/mol. The maximum Gasteiger partial charge on any atom is 0.137 e. The molecule has 0 fully saturated rings. The zero-order valence-corrected chi connectivity index (χ0v) is 8.44. The maximum atomic E-state index is 13.0. The van der Waals surface area contributed by atoms with Crippen molar-refractivity contribution in [3.63, 3.8) is 0 Å². The summed E-state index contributed by atoms with van der Waals surface area (Å²) in [5, 5.41) is 0. The molecule has 1 aromatic rings. The average Bonchev–Trinajstić information content (AvgIpc) is 2.08. The minimum Gasteiger partial charge on any atom is -0.330 e. The quantitative estimate of drug-likeness (QED) is 0.833. The molecule has 0 saturated carbocycles. The van der Waals surface area contributed by atoms with E-state index in [4.69, 9.17) is 5.73 Å². The highest BCUT2D eigenvalue weighted by Gasteiger charge is 2.05. The summed E-state index contributed by atoms with van der Waals surface area (Å²) < 4.78 is 13.5. The van der Waals surface area contributed by atoms with Crippen LogP contribution in [0.5, 0.6) is 0 Å². The van der Waals surface area contributed by atoms with E-state index in [2.05, 4.69) is 15.9 Å². The molecule has 0 bridgehead atoms. The van der Waals surface area contributed by atoms with Crippen molar-refractivity contribution >= 4 is 15.9 Å². The van der Waals surface area contributed by atoms with Crippen LogP contribution in [0.1, 0.15) is 18.4 Å². The van der Waals surface area contributed by atoms with Crippen LogP contribution in [-0.4, -0.2) is 6.54 Å². The molecule has 0 heterocycles. The second kappa shape index (κ2) is 4.01. The van der Waals surface area contributed by atoms with Gasteiger partial charge in [0.05, 0.1) is 4.47 Å². The molecule has 0 aromatic heterocycles. The summed E-state index contributed by atoms with van der Waals surface area (Å²) in [6.07, 6.45) is 0. The topological polar surface area (TPSA) is 26.0 Å². The first kappa shape index (κ1) is 9.68. The van der Waals surface area contributed by atoms with Gasteiger partial charge in [-0.2, -0.15) is 0 Å². The van der Waals surface area contributed by atoms with Crippen molar-refractivity contribution < 1.29 is 4.39 Å². The molecule has 66 valence electrons. The van der Waals surface area contributed by atoms with Gasteiger partial charge in [0.2, 0.25) is 0 Å². The van der Waals surface area contributed by atoms with Crippen LogP contribution in [0, 0.1) is 5.82 Å². The summed E-state index contributed by atoms with van der Waals surface area (Å²) in [5.41, 5.74) is 6.40. The summed E-state index contributed by atoms with van der Waals surface area (Å²) in [6.45, 7) is 2.52. The molecule has 1 atom stereocenters. The van der Waals surface area contributed by atoms with E-state index in [0.29, 0.717) is 11.0 Å². The van der Waals surface area contributed by atoms with E-state index in [1.165, 1.54) is 6.07 Å². The summed E-state index contributed by atoms with van der Waals surface area (Å²) in [5.74, 6) is -0.0135. The second-order valence-corrected chi connectivity index (χ2v) is 3.66. The smallest absolute Gasteiger partial charge is 0.137 e. The first-order valence-corrected chi connectivity index (χ1v) is 4.59. The van der Waals surface area contributed by atoms with E-state index in [1.54, 1.807) is 6.07 Å². The summed E-state index contributed by atoms with van der Waals surface area (Å²) in [7, 11) is 0. The van der Waals surface area contributed by atoms with Crippen LogP contribution in [0.3, 0.4) is 0 Å². The fraction of sp³-hybridized carbons (Fsp3) is 0.333. The zero-order valence-electron chi connectivity index (χ0n) is 6.85. The van der Waals surface area contributed by atoms with Gasteiger partial charge in [0.15, 0.2) is 0 Å². The molecule has 0 spiro atoms. The molecule has 1 nitrogen and oxygen atoms in total. The van der Waals surface area contributed by atoms with Gasteiger partial charge in [-0.3, -0.25) is 0 Å². The van der Waals surface area contributed by atoms with Crippen LogP contribution in [0.2, 0.25) is 0 Å². The predicted molar refractivity (Wildman–Crippen MR) is 51.6 cm³/mol. The minimum absolute atomic E-state index is 0.215. The standard InChI is InChI=1S/C9H11BrFN/c1-6(5-12)7-2-3-8(10)9(11)4-7/h2-4,6H,5,12H2,1H3. The molecule has 0 radical (unpaired) electrons. The van der Waals surface area contributed by atoms with Gasteiger partial charge in [-0.25, -0.2) is 4.39 Å². The molecule has 0 aliphatic rings. The van der Waals surface area contributed by atoms with E-state index in [9.17, 15) is 4.39 Å². The first-order valence-electron chi connectivity index (χ1n) is 3.80. The third kappa shape index (κ3) is 2.05. The molecule has 0 amide bonds. The number of rotatable bonds is 2. The maximum absolute atomic E-state index is 13.0. The fourth-order valence-corrected chi connectivity index (χ4v) is 1.20. The normalized spacial score (nSPS) is 13.0. The van der Waals surface area contributed by atoms with Gasteiger partial charge in [-0.1, -0.05) is 13.0 Å². The van der Waals surface area contributed by atoms with Crippen LogP contribution in [0.25, 0.3) is 0 Å². The van der Waals surface area contributed by atoms with Crippen LogP contribution < -0.4 is 5.73 Å². The zero-order chi connectivity index (χ0) is 9.14. The van der Waals surface area contributed by atoms with E-state index in [-0.39, 0.29) is 11.7 Å². The average molecular weight is 232 g/mol. The van der Waals surface area contributed by atoms with Crippen molar-refractivity contribution in [2.45, 2.75) is 12.8 Å². The predicted octanol–water partition coefficient (Wildman–Crippen LogP) is 2.65. The Morgan fingerprint density at radius 3 is 2.75 bits per heavy atom. The molecule has 3 heteroatoms. The Labute approximate surface area is 79.9 Å². The third-order valence-electron chi connectivity index (χ3n) is 1.87. The summed E-state index contributed by atoms with van der Waals surface area (Å²) in [4.78, 5) is 0. The molecule has 0 saturated heterocycles. The van der Waals surface area contributed by atoms with Gasteiger partial charge in [0.1, 0.15) is 5.82 Å². The molecular formula is C9H11BrFN. The Hall–Kier alpha value is -0.410. The lowest BCUT2D eigenvalue weighted by Gasteiger charge is -2.08. The minimum atomic E-state index is -0.229. The lowest BCUT2D eigenvalue weighted by atomic mass is 10.0. The second-order valence-electron chi connectivity index (χ2n) is 2.81. The number of hydrogen-bond acceptors (Lipinski definition) is 1. The van der Waals surface area contributed by atoms with Crippen LogP contribution in [-0.2, 0) is 0 Å². The van der Waals surface area contributed by atoms with Gasteiger partial charge in [-0.05, 0) is 46.1 Å². The lowest BCUT2D eigenvalue weighted by Crippen LogP contribution is -2.08. The SMILES string of the molecule is CC(CN)c1ccc(Br)c(F)c1. The highest BCUT2D eigenvalue weighted by Crippen LogP contribution is 2.20. The van der Waals surface area contributed by atoms with Gasteiger partial charge in [-0.15, -0.1) is 0 Å². The van der Waals surface area contributed by atoms with Crippen molar-refractivity contribution in [1.29, 1.82) is 0 Å². The van der Waals surface area contributed by atoms with E-state index >= 15 is 0 Å². The highest BCUT2D eigenvalue weighted by atomic mass is 79.9. The van der Waals surface area contributed by atoms with E-state index in [1.807, 2.05) is 13.0 Å². The molecule has 0 aliphatic carbocycles. The Bertz CT molecular complexity index is 275. The fourth-order valence-electron chi connectivity index (χ4n) is 0.955. The van der Waals surface area contributed by atoms with Crippen LogP contribution in [0.4, 0.5) is 4.39 Å². The Balaban J connectivity index is 2.96. The highest BCUT2D eigenvalue weighted by molar-refractivity contribution is 9.10. The van der Waals surface area contributed by atoms with E-state index < -0.39 is 0 Å². The third-order valence-corrected chi connectivity index (χ3v) is 2.51. The lowest BCUT2D eigenvalue weighted by molar-refractivity contribution is 0.615. The Morgan fingerprint density at radius 2 is 2.25 bits per heavy atom. The van der Waals surface area contributed by atoms with Gasteiger partial charge < -0.3 is 5.73 Å². The van der Waals surface area contributed by atoms with Crippen molar-refractivity contribution in [3.05, 3.63) is 34.1 Å². The number of benzene rings is 1. The van der Waals surface area contributed by atoms with E-state index in [0.717, 1.165) is 5.56 Å². The Kier molecular flexibility index (Phi) is 3.23. The molecule has 2 N–H and O–H groups in total.